The smallest absolute Gasteiger partial charge is 0.275 e. The number of hydrogen-bond donors (Lipinski definition) is 2. The van der Waals surface area contributed by atoms with E-state index in [9.17, 15) is 18.0 Å². The molecular weight excluding hydrogens is 670 g/mol. The van der Waals surface area contributed by atoms with Gasteiger partial charge in [-0.1, -0.05) is 68.9 Å². The van der Waals surface area contributed by atoms with Crippen LogP contribution in [-0.2, 0) is 25.6 Å². The number of rotatable bonds is 20. The number of halogens is 1. The Bertz CT molecular complexity index is 1470. The van der Waals surface area contributed by atoms with Gasteiger partial charge in [-0.25, -0.2) is 0 Å². The van der Waals surface area contributed by atoms with Crippen molar-refractivity contribution in [1.29, 1.82) is 0 Å². The molecule has 5 atom stereocenters. The second-order valence-electron chi connectivity index (χ2n) is 13.9. The van der Waals surface area contributed by atoms with E-state index >= 15 is 0 Å². The van der Waals surface area contributed by atoms with Gasteiger partial charge < -0.3 is 19.4 Å². The van der Waals surface area contributed by atoms with Crippen molar-refractivity contribution >= 4 is 35.7 Å². The zero-order chi connectivity index (χ0) is 35.3. The quantitative estimate of drug-likeness (QED) is 0.0403. The van der Waals surface area contributed by atoms with Gasteiger partial charge in [0.05, 0.1) is 25.3 Å². The molecular formula is C35H54ClN3O7SSi. The number of benzene rings is 1. The summed E-state index contributed by atoms with van der Waals surface area (Å²) in [6.07, 6.45) is 8.13. The molecule has 0 spiro atoms. The maximum Gasteiger partial charge on any atom is 0.275 e. The molecule has 5 unspecified atom stereocenters. The van der Waals surface area contributed by atoms with E-state index < -0.39 is 41.8 Å². The topological polar surface area (TPSA) is 127 Å². The normalized spacial score (nSPS) is 18.9. The Morgan fingerprint density at radius 2 is 1.88 bits per heavy atom. The van der Waals surface area contributed by atoms with Crippen LogP contribution in [0.4, 0.5) is 0 Å². The summed E-state index contributed by atoms with van der Waals surface area (Å²) in [6.45, 7) is 11.7. The first-order chi connectivity index (χ1) is 22.7. The van der Waals surface area contributed by atoms with E-state index in [0.717, 1.165) is 43.5 Å². The fraction of sp³-hybridized carbons (Fsp3) is 0.600. The van der Waals surface area contributed by atoms with E-state index in [1.807, 2.05) is 30.3 Å². The maximum absolute atomic E-state index is 14.0. The van der Waals surface area contributed by atoms with Crippen LogP contribution in [0.5, 0.6) is 5.75 Å². The highest BCUT2D eigenvalue weighted by Crippen LogP contribution is 2.38. The van der Waals surface area contributed by atoms with Gasteiger partial charge in [0.25, 0.3) is 16.0 Å². The van der Waals surface area contributed by atoms with Crippen molar-refractivity contribution in [3.05, 3.63) is 76.7 Å². The zero-order valence-electron chi connectivity index (χ0n) is 29.1. The van der Waals surface area contributed by atoms with Gasteiger partial charge in [-0.2, -0.15) is 8.42 Å². The summed E-state index contributed by atoms with van der Waals surface area (Å²) in [5.74, 6) is -0.842. The molecule has 1 heterocycles. The molecule has 0 saturated heterocycles. The van der Waals surface area contributed by atoms with Crippen molar-refractivity contribution in [3.63, 3.8) is 0 Å². The van der Waals surface area contributed by atoms with Crippen molar-refractivity contribution in [1.82, 2.24) is 15.2 Å². The standard InChI is InChI=1S/C35H54ClN3O7SSi/c1-7-13-27(33(46-47(3,42)43)28-16-11-12-17-29(28)36)18-19-31(38-25-44-22-23-48(4,5)6)39(2)35(41)32-34(30(40)20-21-37-32)45-24-26-14-9-8-10-15-26/h7-10,14-15,20-21,27-29,31,33,38H,1,11-13,16-19,22-25H2,2-6H3,(H,37,40). The molecule has 48 heavy (non-hydrogen) atoms. The van der Waals surface area contributed by atoms with Gasteiger partial charge in [0, 0.05) is 45.3 Å². The monoisotopic (exact) mass is 723 g/mol. The lowest BCUT2D eigenvalue weighted by Crippen LogP contribution is -2.48. The number of carbonyl (C=O) groups excluding carboxylic acids is 1. The van der Waals surface area contributed by atoms with Crippen LogP contribution in [-0.4, -0.2) is 76.6 Å². The van der Waals surface area contributed by atoms with Crippen LogP contribution in [0.1, 0.15) is 61.0 Å². The molecule has 1 aliphatic rings. The van der Waals surface area contributed by atoms with Crippen LogP contribution in [0.25, 0.3) is 0 Å². The van der Waals surface area contributed by atoms with Crippen LogP contribution in [0.2, 0.25) is 25.7 Å². The van der Waals surface area contributed by atoms with Gasteiger partial charge in [-0.3, -0.25) is 19.1 Å². The van der Waals surface area contributed by atoms with Crippen LogP contribution >= 0.6 is 11.6 Å². The molecule has 0 bridgehead atoms. The minimum Gasteiger partial charge on any atom is -0.483 e. The van der Waals surface area contributed by atoms with Gasteiger partial charge in [0.15, 0.2) is 11.4 Å². The molecule has 1 saturated carbocycles. The van der Waals surface area contributed by atoms with Gasteiger partial charge in [0.2, 0.25) is 5.43 Å². The Morgan fingerprint density at radius 1 is 1.17 bits per heavy atom. The average Bonchev–Trinajstić information content (AvgIpc) is 3.03. The number of H-pyrrole nitrogens is 1. The minimum absolute atomic E-state index is 0.0421. The number of carbonyl (C=O) groups is 1. The third-order valence-corrected chi connectivity index (χ3v) is 11.6. The first-order valence-electron chi connectivity index (χ1n) is 16.8. The number of allylic oxidation sites excluding steroid dienone is 1. The van der Waals surface area contributed by atoms with Crippen molar-refractivity contribution in [2.75, 3.05) is 26.6 Å². The highest BCUT2D eigenvalue weighted by molar-refractivity contribution is 7.86. The largest absolute Gasteiger partial charge is 0.483 e. The Hall–Kier alpha value is -2.48. The Balaban J connectivity index is 1.86. The number of aromatic amines is 1. The molecule has 268 valence electrons. The van der Waals surface area contributed by atoms with E-state index in [4.69, 9.17) is 25.3 Å². The summed E-state index contributed by atoms with van der Waals surface area (Å²) < 4.78 is 42.5. The van der Waals surface area contributed by atoms with Crippen LogP contribution in [0.15, 0.2) is 60.0 Å². The number of nitrogens with zero attached hydrogens (tertiary/aromatic N) is 1. The third-order valence-electron chi connectivity index (χ3n) is 8.74. The SMILES string of the molecule is C=CCC(CCC(NCOCC[Si](C)(C)C)N(C)C(=O)c1[nH]ccc(=O)c1OCc1ccccc1)C(OS(C)(=O)=O)C1CCCCC1Cl. The van der Waals surface area contributed by atoms with Gasteiger partial charge in [-0.15, -0.1) is 18.2 Å². The number of ether oxygens (including phenoxy) is 2. The maximum atomic E-state index is 14.0. The summed E-state index contributed by atoms with van der Waals surface area (Å²) in [4.78, 5) is 31.4. The van der Waals surface area contributed by atoms with E-state index in [2.05, 4.69) is 36.5 Å². The highest BCUT2D eigenvalue weighted by atomic mass is 35.5. The number of aromatic nitrogens is 1. The van der Waals surface area contributed by atoms with E-state index in [1.165, 1.54) is 17.2 Å². The lowest BCUT2D eigenvalue weighted by atomic mass is 9.77. The molecule has 1 aromatic carbocycles. The summed E-state index contributed by atoms with van der Waals surface area (Å²) >= 11 is 6.78. The van der Waals surface area contributed by atoms with Crippen molar-refractivity contribution in [2.45, 2.75) is 94.9 Å². The Kier molecular flexibility index (Phi) is 15.9. The van der Waals surface area contributed by atoms with E-state index in [1.54, 1.807) is 13.1 Å². The first-order valence-corrected chi connectivity index (χ1v) is 22.8. The molecule has 1 aromatic heterocycles. The molecule has 0 aliphatic heterocycles. The molecule has 2 aromatic rings. The van der Waals surface area contributed by atoms with Crippen molar-refractivity contribution in [2.24, 2.45) is 11.8 Å². The van der Waals surface area contributed by atoms with E-state index in [-0.39, 0.29) is 42.0 Å². The number of pyridine rings is 1. The van der Waals surface area contributed by atoms with Crippen LogP contribution in [0, 0.1) is 11.8 Å². The summed E-state index contributed by atoms with van der Waals surface area (Å²) in [7, 11) is -3.41. The number of alkyl halides is 1. The van der Waals surface area contributed by atoms with Crippen LogP contribution < -0.4 is 15.5 Å². The number of hydrogen-bond acceptors (Lipinski definition) is 8. The fourth-order valence-corrected chi connectivity index (χ4v) is 7.93. The molecule has 1 fully saturated rings. The number of amides is 1. The van der Waals surface area contributed by atoms with Gasteiger partial charge in [-0.05, 0) is 49.6 Å². The molecule has 1 amide bonds. The second kappa shape index (κ2) is 19.1. The molecule has 1 aliphatic carbocycles. The van der Waals surface area contributed by atoms with E-state index in [0.29, 0.717) is 25.9 Å². The summed E-state index contributed by atoms with van der Waals surface area (Å²) in [5, 5.41) is 3.18. The Labute approximate surface area is 292 Å². The average molecular weight is 724 g/mol. The highest BCUT2D eigenvalue weighted by Gasteiger charge is 2.38. The van der Waals surface area contributed by atoms with Gasteiger partial charge in [0.1, 0.15) is 6.61 Å². The summed E-state index contributed by atoms with van der Waals surface area (Å²) in [5.41, 5.74) is 0.495. The lowest BCUT2D eigenvalue weighted by Gasteiger charge is -2.38. The molecule has 0 radical (unpaired) electrons. The predicted molar refractivity (Wildman–Crippen MR) is 195 cm³/mol. The van der Waals surface area contributed by atoms with Gasteiger partial charge >= 0.3 is 0 Å². The van der Waals surface area contributed by atoms with Crippen molar-refractivity contribution in [3.8, 4) is 5.75 Å². The minimum atomic E-state index is -3.77. The van der Waals surface area contributed by atoms with Crippen LogP contribution in [0.3, 0.4) is 0 Å². The molecule has 3 rings (SSSR count). The zero-order valence-corrected chi connectivity index (χ0v) is 31.7. The molecule has 13 heteroatoms. The predicted octanol–water partition coefficient (Wildman–Crippen LogP) is 6.37. The molecule has 10 nitrogen and oxygen atoms in total. The second-order valence-corrected chi connectivity index (χ2v) is 21.7. The number of nitrogens with one attached hydrogen (secondary N) is 2. The molecule has 2 N–H and O–H groups in total. The first kappa shape index (κ1) is 40.0. The van der Waals surface area contributed by atoms with Crippen molar-refractivity contribution < 1.29 is 26.9 Å². The fourth-order valence-electron chi connectivity index (χ4n) is 6.04. The lowest BCUT2D eigenvalue weighted by molar-refractivity contribution is 0.0427. The Morgan fingerprint density at radius 3 is 2.52 bits per heavy atom. The third kappa shape index (κ3) is 13.1. The summed E-state index contributed by atoms with van der Waals surface area (Å²) in [6, 6.07) is 11.7.